The summed E-state index contributed by atoms with van der Waals surface area (Å²) in [5.74, 6) is 5.54. The van der Waals surface area contributed by atoms with Gasteiger partial charge in [0.25, 0.3) is 0 Å². The fourth-order valence-electron chi connectivity index (χ4n) is 6.86. The minimum Gasteiger partial charge on any atom is -0.488 e. The largest absolute Gasteiger partial charge is 0.488 e. The molecule has 0 unspecified atom stereocenters. The minimum absolute atomic E-state index is 0.660. The number of hydrogen-bond acceptors (Lipinski definition) is 14. The molecule has 0 aromatic heterocycles. The summed E-state index contributed by atoms with van der Waals surface area (Å²) in [6.07, 6.45) is 0. The Kier molecular flexibility index (Phi) is 27.9. The Morgan fingerprint density at radius 2 is 0.417 bits per heavy atom. The van der Waals surface area contributed by atoms with Crippen molar-refractivity contribution in [3.63, 3.8) is 0 Å². The molecule has 16 nitrogen and oxygen atoms in total. The van der Waals surface area contributed by atoms with E-state index in [1.807, 2.05) is 72.8 Å². The van der Waals surface area contributed by atoms with E-state index >= 15 is 0 Å². The van der Waals surface area contributed by atoms with Gasteiger partial charge in [0.1, 0.15) is 113 Å². The van der Waals surface area contributed by atoms with Crippen LogP contribution in [0, 0.1) is 62.0 Å². The molecule has 18 heteroatoms. The molecule has 392 valence electrons. The molecule has 0 bridgehead atoms. The van der Waals surface area contributed by atoms with Crippen LogP contribution in [-0.2, 0) is 0 Å². The van der Waals surface area contributed by atoms with Crippen molar-refractivity contribution in [2.45, 2.75) is 41.5 Å². The van der Waals surface area contributed by atoms with Gasteiger partial charge in [-0.1, -0.05) is 72.8 Å². The van der Waals surface area contributed by atoms with Gasteiger partial charge in [0, 0.05) is 0 Å². The number of ether oxygens (including phenoxy) is 6. The van der Waals surface area contributed by atoms with Crippen molar-refractivity contribution in [3.05, 3.63) is 179 Å². The second kappa shape index (κ2) is 33.1. The number of hydrogen-bond donors (Lipinski definition) is 2. The summed E-state index contributed by atoms with van der Waals surface area (Å²) in [5, 5.41) is 0. The highest BCUT2D eigenvalue weighted by Gasteiger charge is 2.12. The van der Waals surface area contributed by atoms with E-state index in [0.717, 1.165) is 73.8 Å². The number of nitrogens with one attached hydrogen (secondary N) is 2. The van der Waals surface area contributed by atoms with Crippen LogP contribution in [-0.4, -0.2) is 78.9 Å². The van der Waals surface area contributed by atoms with E-state index in [-0.39, 0.29) is 0 Å². The Hall–Kier alpha value is -5.70. The maximum atomic E-state index is 8.49. The standard InChI is InChI=1S/2C27H33NO3.2ClHO4/c2*1-22-7-4-10-25(19-22)29-16-13-28(14-17-30-26-11-5-8-23(2)20-26)15-18-31-27-12-6-9-24(3)21-27;2*2-1(3,4)5/h2*4-12,19-21H,13-18H2,1-3H3;2*(H,2,3,4,5). The Bertz CT molecular complexity index is 1990. The van der Waals surface area contributed by atoms with Gasteiger partial charge < -0.3 is 38.2 Å². The minimum atomic E-state index is -4.94. The van der Waals surface area contributed by atoms with E-state index in [2.05, 4.69) is 114 Å². The molecular formula is C54H68Cl2N2O14. The third-order valence-electron chi connectivity index (χ3n) is 10.3. The van der Waals surface area contributed by atoms with Crippen molar-refractivity contribution in [1.29, 1.82) is 0 Å². The first-order chi connectivity index (χ1) is 34.2. The molecule has 72 heavy (non-hydrogen) atoms. The molecule has 0 amide bonds. The molecular weight excluding hydrogens is 972 g/mol. The van der Waals surface area contributed by atoms with Crippen LogP contribution < -0.4 is 75.5 Å². The molecule has 0 radical (unpaired) electrons. The summed E-state index contributed by atoms with van der Waals surface area (Å²) in [6.45, 7) is 21.8. The van der Waals surface area contributed by atoms with Crippen LogP contribution >= 0.6 is 0 Å². The molecule has 0 fully saturated rings. The second-order valence-electron chi connectivity index (χ2n) is 16.7. The summed E-state index contributed by atoms with van der Waals surface area (Å²) >= 11 is 0. The third kappa shape index (κ3) is 31.6. The van der Waals surface area contributed by atoms with Crippen LogP contribution in [0.1, 0.15) is 33.4 Å². The Morgan fingerprint density at radius 3 is 0.542 bits per heavy atom. The van der Waals surface area contributed by atoms with Crippen LogP contribution in [0.15, 0.2) is 146 Å². The van der Waals surface area contributed by atoms with E-state index in [0.29, 0.717) is 39.6 Å². The first-order valence-electron chi connectivity index (χ1n) is 23.2. The van der Waals surface area contributed by atoms with Gasteiger partial charge in [-0.25, -0.2) is 37.3 Å². The van der Waals surface area contributed by atoms with Crippen molar-refractivity contribution in [2.24, 2.45) is 0 Å². The number of halogens is 2. The zero-order valence-electron chi connectivity index (χ0n) is 41.8. The second-order valence-corrected chi connectivity index (χ2v) is 18.3. The monoisotopic (exact) mass is 1040 g/mol. The Balaban J connectivity index is 0.000000320. The van der Waals surface area contributed by atoms with Crippen LogP contribution in [0.3, 0.4) is 0 Å². The summed E-state index contributed by atoms with van der Waals surface area (Å²) in [7, 11) is -9.89. The van der Waals surface area contributed by atoms with Crippen molar-refractivity contribution < 1.29 is 96.0 Å². The molecule has 0 saturated carbocycles. The zero-order valence-corrected chi connectivity index (χ0v) is 43.3. The molecule has 6 aromatic rings. The van der Waals surface area contributed by atoms with E-state index in [9.17, 15) is 0 Å². The van der Waals surface area contributed by atoms with Crippen molar-refractivity contribution >= 4 is 0 Å². The normalized spacial score (nSPS) is 11.0. The summed E-state index contributed by atoms with van der Waals surface area (Å²) in [6, 6.07) is 49.1. The lowest BCUT2D eigenvalue weighted by molar-refractivity contribution is -2.00. The van der Waals surface area contributed by atoms with Crippen molar-refractivity contribution in [2.75, 3.05) is 78.9 Å². The molecule has 6 aromatic carbocycles. The molecule has 0 atom stereocenters. The first-order valence-corrected chi connectivity index (χ1v) is 25.7. The summed E-state index contributed by atoms with van der Waals surface area (Å²) in [4.78, 5) is 2.79. The Labute approximate surface area is 428 Å². The summed E-state index contributed by atoms with van der Waals surface area (Å²) < 4.78 is 104. The molecule has 0 saturated heterocycles. The lowest BCUT2D eigenvalue weighted by Gasteiger charge is -2.20. The number of benzene rings is 6. The molecule has 0 aliphatic carbocycles. The van der Waals surface area contributed by atoms with Crippen molar-refractivity contribution in [1.82, 2.24) is 0 Å². The third-order valence-corrected chi connectivity index (χ3v) is 10.3. The fourth-order valence-corrected chi connectivity index (χ4v) is 6.86. The highest BCUT2D eigenvalue weighted by atomic mass is 35.7. The summed E-state index contributed by atoms with van der Waals surface area (Å²) in [5.41, 5.74) is 7.25. The van der Waals surface area contributed by atoms with E-state index in [1.165, 1.54) is 43.2 Å². The predicted molar refractivity (Wildman–Crippen MR) is 251 cm³/mol. The zero-order chi connectivity index (χ0) is 52.8. The van der Waals surface area contributed by atoms with Gasteiger partial charge in [0.05, 0.1) is 0 Å². The topological polar surface area (TPSA) is 249 Å². The highest BCUT2D eigenvalue weighted by Crippen LogP contribution is 2.16. The smallest absolute Gasteiger partial charge is 0.137 e. The number of rotatable bonds is 24. The molecule has 0 aliphatic rings. The SMILES string of the molecule is Cc1cccc(OCC[NH+](CCOc2cccc(C)c2)CCOc2cccc(C)c2)c1.Cc1cccc(OCC[NH+](CCOc2cccc(C)c2)CCOc2cccc(C)c2)c1.[O-][Cl+3]([O-])([O-])[O-].[O-][Cl+3]([O-])([O-])[O-]. The maximum absolute atomic E-state index is 8.49. The van der Waals surface area contributed by atoms with Crippen LogP contribution in [0.4, 0.5) is 0 Å². The van der Waals surface area contributed by atoms with Crippen LogP contribution in [0.2, 0.25) is 0 Å². The maximum Gasteiger partial charge on any atom is 0.137 e. The van der Waals surface area contributed by atoms with Gasteiger partial charge in [-0.05, 0) is 148 Å². The molecule has 6 rings (SSSR count). The van der Waals surface area contributed by atoms with Gasteiger partial charge in [0.15, 0.2) is 0 Å². The average molecular weight is 1040 g/mol. The lowest BCUT2D eigenvalue weighted by Crippen LogP contribution is -3.13. The molecule has 0 spiro atoms. The van der Waals surface area contributed by atoms with Crippen LogP contribution in [0.5, 0.6) is 34.5 Å². The highest BCUT2D eigenvalue weighted by molar-refractivity contribution is 5.31. The van der Waals surface area contributed by atoms with Gasteiger partial charge in [-0.2, -0.15) is 0 Å². The number of quaternary nitrogens is 2. The van der Waals surface area contributed by atoms with Gasteiger partial charge >= 0.3 is 0 Å². The van der Waals surface area contributed by atoms with Crippen molar-refractivity contribution in [3.8, 4) is 34.5 Å². The number of aryl methyl sites for hydroxylation is 6. The lowest BCUT2D eigenvalue weighted by atomic mass is 10.2. The molecule has 0 aliphatic heterocycles. The van der Waals surface area contributed by atoms with E-state index < -0.39 is 20.5 Å². The molecule has 2 N–H and O–H groups in total. The van der Waals surface area contributed by atoms with E-state index in [4.69, 9.17) is 65.7 Å². The van der Waals surface area contributed by atoms with Gasteiger partial charge in [-0.3, -0.25) is 0 Å². The van der Waals surface area contributed by atoms with Gasteiger partial charge in [0.2, 0.25) is 0 Å². The van der Waals surface area contributed by atoms with E-state index in [1.54, 1.807) is 0 Å². The first kappa shape index (κ1) is 60.6. The average Bonchev–Trinajstić information content (AvgIpc) is 3.28. The Morgan fingerprint density at radius 1 is 0.278 bits per heavy atom. The van der Waals surface area contributed by atoms with Gasteiger partial charge in [-0.15, -0.1) is 20.5 Å². The quantitative estimate of drug-likeness (QED) is 0.0705. The van der Waals surface area contributed by atoms with Crippen LogP contribution in [0.25, 0.3) is 0 Å². The fraction of sp³-hybridized carbons (Fsp3) is 0.333. The predicted octanol–water partition coefficient (Wildman–Crippen LogP) is -1.44. The molecule has 0 heterocycles.